The van der Waals surface area contributed by atoms with Crippen LogP contribution < -0.4 is 5.32 Å². The average Bonchev–Trinajstić information content (AvgIpc) is 3.48. The Kier molecular flexibility index (Phi) is 9.25. The summed E-state index contributed by atoms with van der Waals surface area (Å²) < 4.78 is 27.4. The van der Waals surface area contributed by atoms with Crippen molar-refractivity contribution in [3.05, 3.63) is 28.2 Å². The third-order valence-corrected chi connectivity index (χ3v) is 15.0. The molecule has 4 bridgehead atoms. The van der Waals surface area contributed by atoms with Crippen LogP contribution in [-0.4, -0.2) is 59.4 Å². The van der Waals surface area contributed by atoms with Crippen LogP contribution in [0.3, 0.4) is 0 Å². The second-order valence-corrected chi connectivity index (χ2v) is 18.6. The lowest BCUT2D eigenvalue weighted by atomic mass is 9.56. The van der Waals surface area contributed by atoms with Crippen molar-refractivity contribution in [2.75, 3.05) is 5.32 Å². The Bertz CT molecular complexity index is 1630. The zero-order valence-electron chi connectivity index (χ0n) is 31.3. The minimum absolute atomic E-state index is 0.0365. The molecule has 2 spiro atoms. The summed E-state index contributed by atoms with van der Waals surface area (Å²) in [5.74, 6) is -0.412. The normalized spacial score (nSPS) is 50.0. The first kappa shape index (κ1) is 37.0. The van der Waals surface area contributed by atoms with Gasteiger partial charge in [-0.05, 0) is 106 Å². The number of fused-ring (bicyclic) bond motifs is 4. The van der Waals surface area contributed by atoms with Crippen LogP contribution in [-0.2, 0) is 43.3 Å². The zero-order chi connectivity index (χ0) is 37.1. The van der Waals surface area contributed by atoms with E-state index in [9.17, 15) is 4.79 Å². The van der Waals surface area contributed by atoms with Crippen molar-refractivity contribution >= 4 is 40.7 Å². The number of carbonyl (C=O) groups is 1. The standard InChI is InChI=1S/C39H52Cl2N2O10/c1-19-7-9-28-21(3)31(45-33-38(28)26(19)11-13-36(5,47-33)50-52-38)18-30(43-49-35(44)42-25-16-23(40)15-24(41)17-25)32-22(4)29-10-8-20(2)27-12-14-37(6)48-34(46-32)39(27,29)53-51-37/h15-17,19-22,26-29,31-34H,7-14,18H2,1-6H3,(H,42,44)/b43-30-/t19-,20-,21-,22-,26+,27+,28+,29+,31-,32+,33-,34-,36+,37+,38?,39?/m1/s1. The van der Waals surface area contributed by atoms with Gasteiger partial charge in [0.05, 0.1) is 11.8 Å². The monoisotopic (exact) mass is 778 g/mol. The Labute approximate surface area is 320 Å². The summed E-state index contributed by atoms with van der Waals surface area (Å²) in [7, 11) is 0. The van der Waals surface area contributed by atoms with Crippen LogP contribution in [0.5, 0.6) is 0 Å². The second-order valence-electron chi connectivity index (χ2n) is 17.7. The van der Waals surface area contributed by atoms with Crippen molar-refractivity contribution in [2.45, 2.75) is 147 Å². The molecule has 12 nitrogen and oxygen atoms in total. The highest BCUT2D eigenvalue weighted by Gasteiger charge is 2.71. The lowest BCUT2D eigenvalue weighted by Crippen LogP contribution is -2.71. The van der Waals surface area contributed by atoms with Gasteiger partial charge in [-0.2, -0.15) is 0 Å². The Hall–Kier alpha value is -1.58. The average molecular weight is 780 g/mol. The molecule has 16 atom stereocenters. The smallest absolute Gasteiger partial charge is 0.345 e. The third-order valence-electron chi connectivity index (χ3n) is 14.5. The number of rotatable bonds is 5. The maximum absolute atomic E-state index is 13.3. The van der Waals surface area contributed by atoms with Gasteiger partial charge >= 0.3 is 6.09 Å². The largest absolute Gasteiger partial charge is 0.437 e. The van der Waals surface area contributed by atoms with Gasteiger partial charge in [-0.1, -0.05) is 56.1 Å². The molecule has 1 N–H and O–H groups in total. The van der Waals surface area contributed by atoms with Crippen molar-refractivity contribution in [3.8, 4) is 0 Å². The predicted octanol–water partition coefficient (Wildman–Crippen LogP) is 8.79. The molecule has 1 aromatic rings. The van der Waals surface area contributed by atoms with E-state index >= 15 is 0 Å². The van der Waals surface area contributed by atoms with Gasteiger partial charge in [0.1, 0.15) is 6.10 Å². The number of hydrogen-bond donors (Lipinski definition) is 1. The first-order chi connectivity index (χ1) is 25.2. The molecule has 8 heterocycles. The number of hydrogen-bond acceptors (Lipinski definition) is 11. The number of carbonyl (C=O) groups excluding carboxylic acids is 1. The van der Waals surface area contributed by atoms with Crippen molar-refractivity contribution in [1.29, 1.82) is 0 Å². The Balaban J connectivity index is 1.05. The van der Waals surface area contributed by atoms with Gasteiger partial charge in [-0.25, -0.2) is 24.3 Å². The summed E-state index contributed by atoms with van der Waals surface area (Å²) in [4.78, 5) is 43.9. The molecule has 10 fully saturated rings. The van der Waals surface area contributed by atoms with Crippen molar-refractivity contribution in [1.82, 2.24) is 0 Å². The lowest BCUT2D eigenvalue weighted by Gasteiger charge is -2.61. The highest BCUT2D eigenvalue weighted by atomic mass is 35.5. The summed E-state index contributed by atoms with van der Waals surface area (Å²) >= 11 is 12.4. The summed E-state index contributed by atoms with van der Waals surface area (Å²) in [6.45, 7) is 12.8. The molecule has 14 heteroatoms. The van der Waals surface area contributed by atoms with Gasteiger partial charge in [-0.15, -0.1) is 0 Å². The van der Waals surface area contributed by atoms with Crippen LogP contribution in [0.4, 0.5) is 10.5 Å². The van der Waals surface area contributed by atoms with Crippen molar-refractivity contribution < 1.29 is 48.1 Å². The molecule has 0 radical (unpaired) electrons. The Morgan fingerprint density at radius 3 is 1.89 bits per heavy atom. The minimum Gasteiger partial charge on any atom is -0.345 e. The van der Waals surface area contributed by atoms with Gasteiger partial charge in [0, 0.05) is 46.8 Å². The van der Waals surface area contributed by atoms with Crippen molar-refractivity contribution in [2.24, 2.45) is 52.5 Å². The summed E-state index contributed by atoms with van der Waals surface area (Å²) in [6, 6.07) is 4.76. The Morgan fingerprint density at radius 2 is 1.30 bits per heavy atom. The molecule has 10 aliphatic rings. The minimum atomic E-state index is -0.938. The van der Waals surface area contributed by atoms with E-state index in [0.29, 0.717) is 46.1 Å². The van der Waals surface area contributed by atoms with Crippen LogP contribution in [0.25, 0.3) is 0 Å². The second kappa shape index (κ2) is 13.2. The van der Waals surface area contributed by atoms with E-state index in [1.54, 1.807) is 18.2 Å². The quantitative estimate of drug-likeness (QED) is 0.134. The lowest BCUT2D eigenvalue weighted by molar-refractivity contribution is -0.571. The molecule has 1 amide bonds. The van der Waals surface area contributed by atoms with Crippen LogP contribution in [0, 0.1) is 47.3 Å². The van der Waals surface area contributed by atoms with E-state index in [-0.39, 0.29) is 41.6 Å². The SMILES string of the molecule is C[C@H]1[C@@H](/C(C[C@H]2O[C@@H]3O[C@]4(C)CC[C@H]5[C@H](C)CC[C@@H]([C@H]2C)C35OO4)=N\OC(=O)Nc2cc(Cl)cc(Cl)c2)O[C@@H]2O[C@]3(C)CC[C@H]4[C@H](C)CC[C@@H]1C24OO3. The first-order valence-corrected chi connectivity index (χ1v) is 20.4. The van der Waals surface area contributed by atoms with E-state index in [2.05, 4.69) is 38.2 Å². The molecule has 0 aromatic heterocycles. The summed E-state index contributed by atoms with van der Waals surface area (Å²) in [5, 5.41) is 8.07. The zero-order valence-corrected chi connectivity index (χ0v) is 32.8. The molecule has 2 aliphatic carbocycles. The highest BCUT2D eigenvalue weighted by Crippen LogP contribution is 2.63. The number of nitrogens with zero attached hydrogens (tertiary/aromatic N) is 1. The fourth-order valence-electron chi connectivity index (χ4n) is 11.8. The fraction of sp³-hybridized carbons (Fsp3) is 0.795. The number of halogens is 2. The summed E-state index contributed by atoms with van der Waals surface area (Å²) in [5.41, 5.74) is -0.526. The van der Waals surface area contributed by atoms with Gasteiger partial charge in [0.25, 0.3) is 0 Å². The van der Waals surface area contributed by atoms with E-state index in [1.165, 1.54) is 0 Å². The number of ether oxygens (including phenoxy) is 4. The first-order valence-electron chi connectivity index (χ1n) is 19.6. The van der Waals surface area contributed by atoms with E-state index < -0.39 is 47.6 Å². The van der Waals surface area contributed by atoms with Crippen LogP contribution in [0.15, 0.2) is 23.4 Å². The van der Waals surface area contributed by atoms with Crippen LogP contribution in [0.1, 0.15) is 99.3 Å². The Morgan fingerprint density at radius 1 is 0.755 bits per heavy atom. The molecule has 8 aliphatic heterocycles. The maximum atomic E-state index is 13.3. The topological polar surface area (TPSA) is 125 Å². The predicted molar refractivity (Wildman–Crippen MR) is 192 cm³/mol. The molecule has 53 heavy (non-hydrogen) atoms. The van der Waals surface area contributed by atoms with Crippen LogP contribution in [0.2, 0.25) is 10.0 Å². The van der Waals surface area contributed by atoms with E-state index in [4.69, 9.17) is 66.5 Å². The molecule has 8 saturated heterocycles. The number of benzene rings is 1. The molecule has 1 aromatic carbocycles. The molecular weight excluding hydrogens is 727 g/mol. The number of amides is 1. The number of nitrogens with one attached hydrogen (secondary N) is 1. The van der Waals surface area contributed by atoms with E-state index in [1.807, 2.05) is 13.8 Å². The van der Waals surface area contributed by atoms with Gasteiger partial charge in [0.15, 0.2) is 23.8 Å². The molecule has 2 unspecified atom stereocenters. The number of oxime groups is 1. The van der Waals surface area contributed by atoms with Gasteiger partial charge < -0.3 is 18.9 Å². The molecule has 11 rings (SSSR count). The molecule has 2 saturated carbocycles. The summed E-state index contributed by atoms with van der Waals surface area (Å²) in [6.07, 6.45) is 4.62. The van der Waals surface area contributed by atoms with Gasteiger partial charge in [0.2, 0.25) is 11.6 Å². The molecule has 292 valence electrons. The molecular formula is C39H52Cl2N2O10. The fourth-order valence-corrected chi connectivity index (χ4v) is 12.3. The highest BCUT2D eigenvalue weighted by molar-refractivity contribution is 6.35. The van der Waals surface area contributed by atoms with Crippen molar-refractivity contribution in [3.63, 3.8) is 0 Å². The number of anilines is 1. The van der Waals surface area contributed by atoms with E-state index in [0.717, 1.165) is 44.9 Å². The van der Waals surface area contributed by atoms with Crippen LogP contribution >= 0.6 is 23.2 Å². The van der Waals surface area contributed by atoms with Gasteiger partial charge in [-0.3, -0.25) is 10.2 Å². The maximum Gasteiger partial charge on any atom is 0.437 e. The third kappa shape index (κ3) is 5.91.